The number of benzene rings is 8. The zero-order valence-corrected chi connectivity index (χ0v) is 46.8. The van der Waals surface area contributed by atoms with Crippen molar-refractivity contribution in [3.63, 3.8) is 0 Å². The molecule has 0 saturated carbocycles. The van der Waals surface area contributed by atoms with Crippen LogP contribution < -0.4 is 37.6 Å². The average molecular weight is 1280 g/mol. The normalized spacial score (nSPS) is 12.3. The van der Waals surface area contributed by atoms with Crippen molar-refractivity contribution in [3.8, 4) is 0 Å². The fourth-order valence-corrected chi connectivity index (χ4v) is 12.4. The minimum Gasteiger partial charge on any atom is -0.399 e. The van der Waals surface area contributed by atoms with Crippen molar-refractivity contribution in [1.29, 1.82) is 0 Å². The van der Waals surface area contributed by atoms with Crippen LogP contribution in [0.25, 0.3) is 21.5 Å². The number of urea groups is 1. The molecule has 0 fully saturated rings. The SMILES string of the molecule is Nc1cc(NC(=O)Nc2cccc(C(=O)Nc3cccc(C(=O)Nc4ccc(S(=O)(=O)O)c5cc(S(=O)(=O)O)cc(S(=O)(=O)O)c45)c3)c2)cc(C(=O)Nc2cccc(C(=O)Nc3ccc(S(=O)(=O)O)c4cc(S(=O)(=O)O)cc(S(=O)(=O)O)c34)c2)c1. The Bertz CT molecular complexity index is 4970. The molecule has 8 aromatic rings. The molecule has 85 heavy (non-hydrogen) atoms. The van der Waals surface area contributed by atoms with Crippen molar-refractivity contribution >= 4 is 152 Å². The lowest BCUT2D eigenvalue weighted by Gasteiger charge is -2.15. The van der Waals surface area contributed by atoms with E-state index >= 15 is 0 Å². The molecule has 0 radical (unpaired) electrons. The summed E-state index contributed by atoms with van der Waals surface area (Å²) < 4.78 is 206. The number of nitrogens with two attached hydrogens (primary N) is 1. The van der Waals surface area contributed by atoms with Gasteiger partial charge in [0.05, 0.1) is 21.2 Å². The van der Waals surface area contributed by atoms with Crippen molar-refractivity contribution in [1.82, 2.24) is 0 Å². The summed E-state index contributed by atoms with van der Waals surface area (Å²) in [7, 11) is -31.9. The van der Waals surface area contributed by atoms with Crippen molar-refractivity contribution < 1.29 is 102 Å². The monoisotopic (exact) mass is 1280 g/mol. The van der Waals surface area contributed by atoms with Gasteiger partial charge in [-0.1, -0.05) is 18.2 Å². The molecule has 0 aliphatic carbocycles. The summed E-state index contributed by atoms with van der Waals surface area (Å²) in [5.74, 6) is -3.70. The van der Waals surface area contributed by atoms with E-state index in [1.165, 1.54) is 78.9 Å². The minimum atomic E-state index is -5.45. The zero-order chi connectivity index (χ0) is 62.5. The molecule has 0 bridgehead atoms. The first-order valence-corrected chi connectivity index (χ1v) is 31.6. The molecule has 0 aliphatic rings. The zero-order valence-electron chi connectivity index (χ0n) is 41.9. The molecule has 30 nitrogen and oxygen atoms in total. The second-order valence-electron chi connectivity index (χ2n) is 17.7. The number of nitrogens with one attached hydrogen (secondary N) is 6. The number of carbonyl (C=O) groups is 5. The second kappa shape index (κ2) is 22.7. The fourth-order valence-electron chi connectivity index (χ4n) is 8.31. The fraction of sp³-hybridized carbons (Fsp3) is 0. The van der Waals surface area contributed by atoms with Crippen LogP contribution >= 0.6 is 0 Å². The molecular formula is C49H37N7O23S6. The van der Waals surface area contributed by atoms with Crippen molar-refractivity contribution in [2.45, 2.75) is 29.4 Å². The Kier molecular flexibility index (Phi) is 16.5. The van der Waals surface area contributed by atoms with Gasteiger partial charge >= 0.3 is 6.03 Å². The number of fused-ring (bicyclic) bond motifs is 2. The molecule has 0 unspecified atom stereocenters. The smallest absolute Gasteiger partial charge is 0.323 e. The predicted octanol–water partition coefficient (Wildman–Crippen LogP) is 5.71. The van der Waals surface area contributed by atoms with E-state index in [9.17, 15) is 102 Å². The molecule has 0 aromatic heterocycles. The summed E-state index contributed by atoms with van der Waals surface area (Å²) in [5.41, 5.74) is 4.33. The Labute approximate surface area is 479 Å². The lowest BCUT2D eigenvalue weighted by Crippen LogP contribution is -2.21. The number of hydrogen-bond acceptors (Lipinski definition) is 18. The van der Waals surface area contributed by atoms with Gasteiger partial charge in [-0.2, -0.15) is 50.5 Å². The first kappa shape index (κ1) is 61.8. The predicted molar refractivity (Wildman–Crippen MR) is 301 cm³/mol. The van der Waals surface area contributed by atoms with E-state index in [4.69, 9.17) is 5.73 Å². The van der Waals surface area contributed by atoms with Crippen LogP contribution in [0.3, 0.4) is 0 Å². The van der Waals surface area contributed by atoms with Gasteiger partial charge in [-0.25, -0.2) is 4.79 Å². The molecule has 0 aliphatic heterocycles. The quantitative estimate of drug-likeness (QED) is 0.0407. The Morgan fingerprint density at radius 2 is 0.647 bits per heavy atom. The van der Waals surface area contributed by atoms with Crippen LogP contribution in [0.2, 0.25) is 0 Å². The van der Waals surface area contributed by atoms with E-state index in [0.29, 0.717) is 24.3 Å². The molecule has 8 aromatic carbocycles. The highest BCUT2D eigenvalue weighted by Crippen LogP contribution is 2.39. The third kappa shape index (κ3) is 14.2. The largest absolute Gasteiger partial charge is 0.399 e. The van der Waals surface area contributed by atoms with E-state index in [1.54, 1.807) is 0 Å². The van der Waals surface area contributed by atoms with Crippen LogP contribution in [0.4, 0.5) is 44.6 Å². The highest BCUT2D eigenvalue weighted by atomic mass is 32.2. The van der Waals surface area contributed by atoms with Gasteiger partial charge in [0.25, 0.3) is 84.3 Å². The third-order valence-electron chi connectivity index (χ3n) is 11.9. The first-order valence-electron chi connectivity index (χ1n) is 23.0. The summed E-state index contributed by atoms with van der Waals surface area (Å²) >= 11 is 0. The number of amides is 6. The van der Waals surface area contributed by atoms with E-state index in [-0.39, 0.29) is 62.8 Å². The first-order chi connectivity index (χ1) is 39.3. The van der Waals surface area contributed by atoms with Gasteiger partial charge < -0.3 is 37.6 Å². The molecule has 6 amide bonds. The van der Waals surface area contributed by atoms with Crippen LogP contribution in [0, 0.1) is 0 Å². The lowest BCUT2D eigenvalue weighted by atomic mass is 10.1. The topological polar surface area (TPSA) is 510 Å². The van der Waals surface area contributed by atoms with Crippen LogP contribution in [-0.4, -0.2) is 107 Å². The summed E-state index contributed by atoms with van der Waals surface area (Å²) in [6.07, 6.45) is 0. The second-order valence-corrected chi connectivity index (χ2v) is 26.1. The molecule has 14 N–H and O–H groups in total. The maximum absolute atomic E-state index is 13.6. The Morgan fingerprint density at radius 3 is 1.01 bits per heavy atom. The molecule has 0 atom stereocenters. The minimum absolute atomic E-state index is 0.00312. The van der Waals surface area contributed by atoms with Gasteiger partial charge in [0.15, 0.2) is 0 Å². The van der Waals surface area contributed by atoms with Gasteiger partial charge in [0.2, 0.25) is 0 Å². The van der Waals surface area contributed by atoms with Crippen LogP contribution in [0.5, 0.6) is 0 Å². The van der Waals surface area contributed by atoms with Crippen LogP contribution in [0.15, 0.2) is 169 Å². The van der Waals surface area contributed by atoms with Crippen LogP contribution in [0.1, 0.15) is 41.4 Å². The van der Waals surface area contributed by atoms with E-state index in [1.807, 2.05) is 0 Å². The highest BCUT2D eigenvalue weighted by molar-refractivity contribution is 7.88. The Balaban J connectivity index is 0.938. The number of nitrogen functional groups attached to an aromatic ring is 1. The van der Waals surface area contributed by atoms with Gasteiger partial charge in [0.1, 0.15) is 19.6 Å². The maximum Gasteiger partial charge on any atom is 0.323 e. The summed E-state index contributed by atoms with van der Waals surface area (Å²) in [4.78, 5) is 60.3. The summed E-state index contributed by atoms with van der Waals surface area (Å²) in [6, 6.07) is 22.8. The number of carbonyl (C=O) groups excluding carboxylic acids is 5. The molecule has 36 heteroatoms. The van der Waals surface area contributed by atoms with Crippen molar-refractivity contribution in [2.75, 3.05) is 37.6 Å². The molecule has 0 saturated heterocycles. The van der Waals surface area contributed by atoms with Crippen molar-refractivity contribution in [2.24, 2.45) is 0 Å². The Hall–Kier alpha value is -9.31. The molecule has 8 rings (SSSR count). The summed E-state index contributed by atoms with van der Waals surface area (Å²) in [5, 5.41) is 11.4. The highest BCUT2D eigenvalue weighted by Gasteiger charge is 2.30. The maximum atomic E-state index is 13.6. The standard InChI is InChI=1S/C49H37N7O23S6/c50-28-14-27(48(60)52-30-8-2-6-26(16-30)47(59)56-38-11-13-40(83(71,72)73)36-21-34(81(65,66)67)23-42(44(36)38)85(77,78)79)18-32(19-28)54-49(61)53-31-9-3-4-24(17-31)45(57)51-29-7-1-5-25(15-29)46(58)55-37-10-12-39(82(68,69)70)35-20-33(80(62,63)64)22-41(43(35)37)84(74,75)76/h1-23H,50H2,(H,51,57)(H,52,60)(H,55,58)(H,56,59)(H2,53,54,61)(H,62,63,64)(H,65,66,67)(H,68,69,70)(H,71,72,73)(H,74,75,76)(H,77,78,79). The van der Waals surface area contributed by atoms with Crippen LogP contribution in [-0.2, 0) is 60.7 Å². The molecule has 0 spiro atoms. The van der Waals surface area contributed by atoms with E-state index < -0.39 is 153 Å². The number of hydrogen-bond donors (Lipinski definition) is 13. The van der Waals surface area contributed by atoms with Gasteiger partial charge in [-0.3, -0.25) is 46.5 Å². The lowest BCUT2D eigenvalue weighted by molar-refractivity contribution is 0.101. The average Bonchev–Trinajstić information content (AvgIpc) is 0.945. The molecule has 442 valence electrons. The van der Waals surface area contributed by atoms with Gasteiger partial charge in [-0.05, 0) is 121 Å². The van der Waals surface area contributed by atoms with E-state index in [2.05, 4.69) is 31.9 Å². The Morgan fingerprint density at radius 1 is 0.318 bits per heavy atom. The van der Waals surface area contributed by atoms with E-state index in [0.717, 1.165) is 24.3 Å². The molecular weight excluding hydrogens is 1250 g/mol. The number of anilines is 7. The van der Waals surface area contributed by atoms with Gasteiger partial charge in [-0.15, -0.1) is 0 Å². The summed E-state index contributed by atoms with van der Waals surface area (Å²) in [6.45, 7) is 0. The number of rotatable bonds is 16. The third-order valence-corrected chi connectivity index (χ3v) is 17.1. The molecule has 0 heterocycles. The van der Waals surface area contributed by atoms with Gasteiger partial charge in [0, 0.05) is 72.2 Å². The van der Waals surface area contributed by atoms with Crippen molar-refractivity contribution in [3.05, 3.63) is 162 Å².